The van der Waals surface area contributed by atoms with Gasteiger partial charge in [-0.1, -0.05) is 283 Å². The molecule has 0 bridgehead atoms. The summed E-state index contributed by atoms with van der Waals surface area (Å²) in [6.45, 7) is 9.31. The first-order valence-corrected chi connectivity index (χ1v) is 27.8. The van der Waals surface area contributed by atoms with Gasteiger partial charge in [-0.05, 0) is 96.9 Å². The van der Waals surface area contributed by atoms with Crippen LogP contribution in [0.1, 0.15) is 307 Å². The van der Waals surface area contributed by atoms with E-state index in [4.69, 9.17) is 0 Å². The van der Waals surface area contributed by atoms with E-state index in [0.717, 1.165) is 0 Å². The summed E-state index contributed by atoms with van der Waals surface area (Å²) in [5.41, 5.74) is 9.67. The van der Waals surface area contributed by atoms with Crippen molar-refractivity contribution in [2.24, 2.45) is 0 Å². The first kappa shape index (κ1) is 54.6. The van der Waals surface area contributed by atoms with Crippen molar-refractivity contribution in [2.45, 2.75) is 310 Å². The Kier molecular flexibility index (Phi) is 37.7. The molecule has 2 radical (unpaired) electrons. The molecule has 0 aliphatic heterocycles. The maximum Gasteiger partial charge on any atom is -0.0108 e. The Balaban J connectivity index is 2.25. The highest BCUT2D eigenvalue weighted by molar-refractivity contribution is 5.74. The topological polar surface area (TPSA) is 0 Å². The van der Waals surface area contributed by atoms with Crippen LogP contribution in [0.3, 0.4) is 0 Å². The molecule has 0 saturated carbocycles. The van der Waals surface area contributed by atoms with Gasteiger partial charge in [0.1, 0.15) is 0 Å². The van der Waals surface area contributed by atoms with Crippen molar-refractivity contribution in [3.63, 3.8) is 0 Å². The number of unbranched alkanes of at least 4 members (excludes halogenated alkanes) is 36. The van der Waals surface area contributed by atoms with E-state index in [1.165, 1.54) is 288 Å². The summed E-state index contributed by atoms with van der Waals surface area (Å²) < 4.78 is 0. The molecule has 0 N–H and O–H groups in total. The van der Waals surface area contributed by atoms with Gasteiger partial charge in [-0.25, -0.2) is 0 Å². The second-order valence-electron chi connectivity index (χ2n) is 19.4. The zero-order valence-corrected chi connectivity index (χ0v) is 41.4. The van der Waals surface area contributed by atoms with Crippen molar-refractivity contribution in [3.05, 3.63) is 58.7 Å². The average Bonchev–Trinajstić information content (AvgIpc) is 3.27. The largest absolute Gasteiger partial charge is 0.0654 e. The smallest absolute Gasteiger partial charge is 0.0108 e. The van der Waals surface area contributed by atoms with Gasteiger partial charge in [0.2, 0.25) is 0 Å². The summed E-state index contributed by atoms with van der Waals surface area (Å²) in [6, 6.07) is 16.9. The van der Waals surface area contributed by atoms with E-state index in [0.29, 0.717) is 0 Å². The summed E-state index contributed by atoms with van der Waals surface area (Å²) in [4.78, 5) is 0. The normalized spacial score (nSPS) is 11.6. The number of rotatable bonds is 45. The lowest BCUT2D eigenvalue weighted by Gasteiger charge is -2.24. The first-order valence-electron chi connectivity index (χ1n) is 27.8. The summed E-state index contributed by atoms with van der Waals surface area (Å²) in [7, 11) is 0. The van der Waals surface area contributed by atoms with E-state index in [2.05, 4.69) is 64.1 Å². The van der Waals surface area contributed by atoms with Crippen molar-refractivity contribution < 1.29 is 0 Å². The van der Waals surface area contributed by atoms with Gasteiger partial charge in [0, 0.05) is 0 Å². The second kappa shape index (κ2) is 41.5. The predicted molar refractivity (Wildman–Crippen MR) is 272 cm³/mol. The van der Waals surface area contributed by atoms with E-state index in [1.54, 1.807) is 27.8 Å². The molecule has 2 rings (SSSR count). The molecule has 0 atom stereocenters. The molecule has 2 aromatic carbocycles. The number of hydrogen-bond acceptors (Lipinski definition) is 0. The van der Waals surface area contributed by atoms with Crippen LogP contribution in [-0.4, -0.2) is 0 Å². The number of benzene rings is 2. The fraction of sp³-hybridized carbons (Fsp3) is 0.800. The van der Waals surface area contributed by atoms with Crippen molar-refractivity contribution in [3.8, 4) is 11.1 Å². The Morgan fingerprint density at radius 1 is 0.283 bits per heavy atom. The van der Waals surface area contributed by atoms with Crippen LogP contribution in [-0.2, 0) is 25.7 Å². The Bertz CT molecular complexity index is 1100. The van der Waals surface area contributed by atoms with Crippen LogP contribution in [0.15, 0.2) is 24.3 Å². The Hall–Kier alpha value is -1.56. The molecule has 0 nitrogen and oxygen atoms in total. The maximum atomic E-state index is 4.32. The Morgan fingerprint density at radius 3 is 0.783 bits per heavy atom. The fourth-order valence-electron chi connectivity index (χ4n) is 9.85. The van der Waals surface area contributed by atoms with E-state index >= 15 is 0 Å². The zero-order valence-electron chi connectivity index (χ0n) is 41.4. The summed E-state index contributed by atoms with van der Waals surface area (Å²) in [5, 5.41) is 0. The maximum absolute atomic E-state index is 4.32. The molecule has 60 heavy (non-hydrogen) atoms. The molecule has 344 valence electrons. The highest BCUT2D eigenvalue weighted by Gasteiger charge is 2.20. The number of aryl methyl sites for hydroxylation is 2. The molecule has 0 heterocycles. The van der Waals surface area contributed by atoms with Gasteiger partial charge in [-0.3, -0.25) is 0 Å². The lowest BCUT2D eigenvalue weighted by Crippen LogP contribution is -2.08. The Morgan fingerprint density at radius 2 is 0.517 bits per heavy atom. The van der Waals surface area contributed by atoms with Crippen LogP contribution in [0.2, 0.25) is 0 Å². The molecule has 0 spiro atoms. The standard InChI is InChI=1S/C60H104/c1-5-9-13-17-21-25-29-33-37-42-50-56-54-57(51-43-38-34-30-26-22-18-14-10-6-2)59(53-47-40-36-32-28-24-20-16-12-8-4)60(55-48-44-41-45-49-55)58(56)52-46-39-35-31-27-23-19-15-11-7-3/h44-45,48-49H,5-40,42-43,46-47,50-53H2,1-4H3. The van der Waals surface area contributed by atoms with Gasteiger partial charge in [0.05, 0.1) is 0 Å². The fourth-order valence-corrected chi connectivity index (χ4v) is 9.85. The van der Waals surface area contributed by atoms with Gasteiger partial charge < -0.3 is 0 Å². The monoisotopic (exact) mass is 825 g/mol. The predicted octanol–water partition coefficient (Wildman–Crippen LogP) is 20.8. The third kappa shape index (κ3) is 28.2. The van der Waals surface area contributed by atoms with Crippen molar-refractivity contribution >= 4 is 0 Å². The molecular weight excluding hydrogens is 721 g/mol. The van der Waals surface area contributed by atoms with Gasteiger partial charge in [0.25, 0.3) is 0 Å². The van der Waals surface area contributed by atoms with Crippen LogP contribution in [0.25, 0.3) is 11.1 Å². The molecule has 0 unspecified atom stereocenters. The second-order valence-corrected chi connectivity index (χ2v) is 19.4. The van der Waals surface area contributed by atoms with E-state index in [1.807, 2.05) is 0 Å². The van der Waals surface area contributed by atoms with Crippen LogP contribution >= 0.6 is 0 Å². The van der Waals surface area contributed by atoms with E-state index in [9.17, 15) is 0 Å². The molecule has 0 aliphatic carbocycles. The summed E-state index contributed by atoms with van der Waals surface area (Å²) in [5.74, 6) is 0. The molecule has 0 saturated heterocycles. The minimum atomic E-state index is 1.22. The highest BCUT2D eigenvalue weighted by Crippen LogP contribution is 2.37. The lowest BCUT2D eigenvalue weighted by atomic mass is 9.81. The third-order valence-corrected chi connectivity index (χ3v) is 13.8. The zero-order chi connectivity index (χ0) is 42.8. The molecule has 0 aromatic heterocycles. The summed E-state index contributed by atoms with van der Waals surface area (Å²) in [6.07, 6.45) is 61.2. The summed E-state index contributed by atoms with van der Waals surface area (Å²) >= 11 is 0. The SMILES string of the molecule is CCCCCCCCCCCCc1[c]c(CCCCCCCCCCCC)c(CCCCCCCCCCCC)c(-c2cc[c]cc2)c1CCCCCCCCCCCC. The third-order valence-electron chi connectivity index (χ3n) is 13.8. The molecule has 0 fully saturated rings. The lowest BCUT2D eigenvalue weighted by molar-refractivity contribution is 0.551. The highest BCUT2D eigenvalue weighted by atomic mass is 14.2. The van der Waals surface area contributed by atoms with Crippen LogP contribution < -0.4 is 0 Å². The van der Waals surface area contributed by atoms with Crippen LogP contribution in [0.5, 0.6) is 0 Å². The average molecular weight is 825 g/mol. The van der Waals surface area contributed by atoms with Crippen molar-refractivity contribution in [2.75, 3.05) is 0 Å². The molecular formula is C60H104. The Labute approximate surface area is 378 Å². The molecule has 2 aromatic rings. The van der Waals surface area contributed by atoms with Crippen LogP contribution in [0, 0.1) is 12.1 Å². The van der Waals surface area contributed by atoms with Crippen molar-refractivity contribution in [1.82, 2.24) is 0 Å². The number of hydrogen-bond donors (Lipinski definition) is 0. The van der Waals surface area contributed by atoms with Gasteiger partial charge in [-0.15, -0.1) is 0 Å². The van der Waals surface area contributed by atoms with Crippen molar-refractivity contribution in [1.29, 1.82) is 0 Å². The minimum Gasteiger partial charge on any atom is -0.0654 e. The quantitative estimate of drug-likeness (QED) is 0.0584. The van der Waals surface area contributed by atoms with Crippen LogP contribution in [0.4, 0.5) is 0 Å². The first-order chi connectivity index (χ1) is 29.8. The van der Waals surface area contributed by atoms with E-state index < -0.39 is 0 Å². The van der Waals surface area contributed by atoms with Gasteiger partial charge >= 0.3 is 0 Å². The molecule has 0 aliphatic rings. The molecule has 0 amide bonds. The minimum absolute atomic E-state index is 1.22. The van der Waals surface area contributed by atoms with Gasteiger partial charge in [-0.2, -0.15) is 0 Å². The van der Waals surface area contributed by atoms with Gasteiger partial charge in [0.15, 0.2) is 0 Å². The van der Waals surface area contributed by atoms with E-state index in [-0.39, 0.29) is 0 Å². The molecule has 0 heteroatoms.